The predicted octanol–water partition coefficient (Wildman–Crippen LogP) is 1.77. The van der Waals surface area contributed by atoms with Crippen LogP contribution in [0.15, 0.2) is 48.8 Å². The average Bonchev–Trinajstić information content (AvgIpc) is 3.05. The summed E-state index contributed by atoms with van der Waals surface area (Å²) in [6.07, 6.45) is 6.65. The molecule has 1 aromatic heterocycles. The number of ether oxygens (including phenoxy) is 3. The Bertz CT molecular complexity index is 1270. The van der Waals surface area contributed by atoms with Crippen LogP contribution in [0.25, 0.3) is 0 Å². The lowest BCUT2D eigenvalue weighted by Crippen LogP contribution is -2.62. The molecule has 4 aliphatic heterocycles. The molecule has 4 aliphatic rings. The van der Waals surface area contributed by atoms with Crippen LogP contribution >= 0.6 is 0 Å². The number of fused-ring (bicyclic) bond motifs is 4. The van der Waals surface area contributed by atoms with E-state index < -0.39 is 6.04 Å². The first-order valence-electron chi connectivity index (χ1n) is 15.5. The molecule has 2 aromatic rings. The summed E-state index contributed by atoms with van der Waals surface area (Å²) in [6, 6.07) is 10.3. The van der Waals surface area contributed by atoms with E-state index in [0.717, 1.165) is 18.4 Å². The standard InChI is InChI=1S/C32H41N5O6/c38-30(23-9-16-41-17-10-23)35-26-6-5-24-11-18-42-28-4-2-1-3-25(28)32(40)37-15-14-36(20-22-7-12-33-13-8-22)21-27(37)31(39)34-19-29(26)43-24/h1-4,7-8,12-13,23-24,26-27,29H,5-6,9-11,14-21H2,(H,34,39)(H,35,38)/t24-,26+,27-,29+/m0/s1. The number of piperazine rings is 1. The Kier molecular flexibility index (Phi) is 9.50. The maximum Gasteiger partial charge on any atom is 0.258 e. The second kappa shape index (κ2) is 13.8. The third kappa shape index (κ3) is 7.17. The minimum absolute atomic E-state index is 0.0248. The molecule has 0 radical (unpaired) electrons. The number of carbonyl (C=O) groups excluding carboxylic acids is 3. The van der Waals surface area contributed by atoms with Crippen molar-refractivity contribution in [2.24, 2.45) is 5.92 Å². The molecule has 0 spiro atoms. The SMILES string of the molecule is O=C(N[C@@H]1CC[C@H]2CCOc3ccccc3C(=O)N3CCN(Cc4ccncc4)C[C@H]3C(=O)NC[C@H]1O2)C1CCOCC1. The highest BCUT2D eigenvalue weighted by Crippen LogP contribution is 2.27. The van der Waals surface area contributed by atoms with Gasteiger partial charge in [0.25, 0.3) is 5.91 Å². The van der Waals surface area contributed by atoms with Crippen molar-refractivity contribution in [1.29, 1.82) is 0 Å². The van der Waals surface area contributed by atoms with Gasteiger partial charge < -0.3 is 29.7 Å². The van der Waals surface area contributed by atoms with Gasteiger partial charge in [-0.3, -0.25) is 24.3 Å². The van der Waals surface area contributed by atoms with Crippen LogP contribution in [0.3, 0.4) is 0 Å². The van der Waals surface area contributed by atoms with Gasteiger partial charge in [-0.2, -0.15) is 0 Å². The Labute approximate surface area is 252 Å². The fraction of sp³-hybridized carbons (Fsp3) is 0.562. The molecule has 2 N–H and O–H groups in total. The molecule has 1 aromatic carbocycles. The summed E-state index contributed by atoms with van der Waals surface area (Å²) in [5.74, 6) is 0.0211. The van der Waals surface area contributed by atoms with E-state index in [9.17, 15) is 14.4 Å². The van der Waals surface area contributed by atoms with Gasteiger partial charge in [0.2, 0.25) is 11.8 Å². The van der Waals surface area contributed by atoms with Gasteiger partial charge in [0.15, 0.2) is 0 Å². The Morgan fingerprint density at radius 3 is 2.63 bits per heavy atom. The first-order valence-corrected chi connectivity index (χ1v) is 15.5. The van der Waals surface area contributed by atoms with Crippen LogP contribution in [0, 0.1) is 5.92 Å². The highest BCUT2D eigenvalue weighted by atomic mass is 16.5. The van der Waals surface area contributed by atoms with Crippen LogP contribution in [0.1, 0.15) is 48.0 Å². The lowest BCUT2D eigenvalue weighted by molar-refractivity contribution is -0.134. The Morgan fingerprint density at radius 2 is 1.79 bits per heavy atom. The van der Waals surface area contributed by atoms with Crippen molar-refractivity contribution in [1.82, 2.24) is 25.4 Å². The summed E-state index contributed by atoms with van der Waals surface area (Å²) in [6.45, 7) is 3.92. The number of pyridine rings is 1. The van der Waals surface area contributed by atoms with Crippen LogP contribution in [0.2, 0.25) is 0 Å². The van der Waals surface area contributed by atoms with E-state index in [1.807, 2.05) is 24.3 Å². The van der Waals surface area contributed by atoms with Crippen molar-refractivity contribution in [3.8, 4) is 5.75 Å². The van der Waals surface area contributed by atoms with Crippen molar-refractivity contribution < 1.29 is 28.6 Å². The zero-order valence-corrected chi connectivity index (χ0v) is 24.5. The second-order valence-electron chi connectivity index (χ2n) is 11.9. The van der Waals surface area contributed by atoms with Gasteiger partial charge in [-0.05, 0) is 55.5 Å². The molecule has 5 heterocycles. The van der Waals surface area contributed by atoms with E-state index in [4.69, 9.17) is 14.2 Å². The maximum atomic E-state index is 13.9. The zero-order chi connectivity index (χ0) is 29.6. The van der Waals surface area contributed by atoms with E-state index in [2.05, 4.69) is 20.5 Å². The number of hydrogen-bond donors (Lipinski definition) is 2. The molecule has 3 fully saturated rings. The maximum absolute atomic E-state index is 13.9. The van der Waals surface area contributed by atoms with Crippen LogP contribution in [-0.2, 0) is 25.6 Å². The summed E-state index contributed by atoms with van der Waals surface area (Å²) in [5.41, 5.74) is 1.55. The number of nitrogens with zero attached hydrogens (tertiary/aromatic N) is 3. The highest BCUT2D eigenvalue weighted by Gasteiger charge is 2.39. The third-order valence-corrected chi connectivity index (χ3v) is 9.01. The van der Waals surface area contributed by atoms with Crippen LogP contribution < -0.4 is 15.4 Å². The van der Waals surface area contributed by atoms with Gasteiger partial charge in [-0.15, -0.1) is 0 Å². The number of rotatable bonds is 4. The van der Waals surface area contributed by atoms with E-state index in [0.29, 0.717) is 76.6 Å². The largest absolute Gasteiger partial charge is 0.493 e. The number of nitrogens with one attached hydrogen (secondary N) is 2. The molecule has 230 valence electrons. The summed E-state index contributed by atoms with van der Waals surface area (Å²) >= 11 is 0. The third-order valence-electron chi connectivity index (χ3n) is 9.01. The topological polar surface area (TPSA) is 122 Å². The van der Waals surface area contributed by atoms with Crippen molar-refractivity contribution in [3.05, 3.63) is 59.9 Å². The Hall–Kier alpha value is -3.54. The van der Waals surface area contributed by atoms with Crippen LogP contribution in [0.4, 0.5) is 0 Å². The molecule has 4 atom stereocenters. The first-order chi connectivity index (χ1) is 21.0. The number of aromatic nitrogens is 1. The Morgan fingerprint density at radius 1 is 0.977 bits per heavy atom. The van der Waals surface area contributed by atoms with E-state index in [-0.39, 0.29) is 48.4 Å². The molecule has 0 aliphatic carbocycles. The van der Waals surface area contributed by atoms with Gasteiger partial charge in [-0.25, -0.2) is 0 Å². The summed E-state index contributed by atoms with van der Waals surface area (Å²) in [4.78, 5) is 48.9. The number of amides is 3. The summed E-state index contributed by atoms with van der Waals surface area (Å²) < 4.78 is 18.1. The molecule has 11 heteroatoms. The molecular weight excluding hydrogens is 550 g/mol. The van der Waals surface area contributed by atoms with Gasteiger partial charge in [0, 0.05) is 70.7 Å². The minimum Gasteiger partial charge on any atom is -0.493 e. The molecular formula is C32H41N5O6. The van der Waals surface area contributed by atoms with Crippen molar-refractivity contribution in [2.75, 3.05) is 46.0 Å². The fourth-order valence-electron chi connectivity index (χ4n) is 6.53. The van der Waals surface area contributed by atoms with Crippen LogP contribution in [0.5, 0.6) is 5.75 Å². The molecule has 6 rings (SSSR count). The zero-order valence-electron chi connectivity index (χ0n) is 24.5. The quantitative estimate of drug-likeness (QED) is 0.552. The first kappa shape index (κ1) is 29.5. The second-order valence-corrected chi connectivity index (χ2v) is 11.9. The average molecular weight is 592 g/mol. The van der Waals surface area contributed by atoms with Crippen LogP contribution in [-0.4, -0.2) is 103 Å². The molecule has 3 amide bonds. The summed E-state index contributed by atoms with van der Waals surface area (Å²) in [7, 11) is 0. The lowest BCUT2D eigenvalue weighted by atomic mass is 9.94. The number of carbonyl (C=O) groups is 3. The molecule has 3 saturated heterocycles. The van der Waals surface area contributed by atoms with Gasteiger partial charge in [0.1, 0.15) is 11.8 Å². The van der Waals surface area contributed by atoms with Gasteiger partial charge in [0.05, 0.1) is 30.4 Å². The van der Waals surface area contributed by atoms with Crippen molar-refractivity contribution in [3.63, 3.8) is 0 Å². The van der Waals surface area contributed by atoms with E-state index in [1.54, 1.807) is 29.4 Å². The van der Waals surface area contributed by atoms with E-state index in [1.165, 1.54) is 0 Å². The van der Waals surface area contributed by atoms with Crippen molar-refractivity contribution in [2.45, 2.75) is 62.9 Å². The van der Waals surface area contributed by atoms with E-state index >= 15 is 0 Å². The van der Waals surface area contributed by atoms with Gasteiger partial charge in [-0.1, -0.05) is 12.1 Å². The summed E-state index contributed by atoms with van der Waals surface area (Å²) in [5, 5.41) is 6.33. The number of para-hydroxylation sites is 1. The normalized spacial score (nSPS) is 27.6. The minimum atomic E-state index is -0.700. The predicted molar refractivity (Wildman–Crippen MR) is 157 cm³/mol. The van der Waals surface area contributed by atoms with Gasteiger partial charge >= 0.3 is 0 Å². The monoisotopic (exact) mass is 591 g/mol. The molecule has 11 nitrogen and oxygen atoms in total. The molecule has 0 saturated carbocycles. The highest BCUT2D eigenvalue weighted by molar-refractivity contribution is 6.00. The lowest BCUT2D eigenvalue weighted by Gasteiger charge is -2.42. The molecule has 2 bridgehead atoms. The molecule has 0 unspecified atom stereocenters. The Balaban J connectivity index is 1.22. The van der Waals surface area contributed by atoms with Crippen molar-refractivity contribution >= 4 is 17.7 Å². The number of hydrogen-bond acceptors (Lipinski definition) is 8. The molecule has 43 heavy (non-hydrogen) atoms. The smallest absolute Gasteiger partial charge is 0.258 e. The number of benzene rings is 1. The fourth-order valence-corrected chi connectivity index (χ4v) is 6.53.